The Kier molecular flexibility index (Phi) is 8.51. The summed E-state index contributed by atoms with van der Waals surface area (Å²) in [6, 6.07) is -1.76. The number of hydrogen-bond donors (Lipinski definition) is 6. The fourth-order valence-electron chi connectivity index (χ4n) is 3.89. The van der Waals surface area contributed by atoms with Crippen LogP contribution in [0.15, 0.2) is 16.7 Å². The van der Waals surface area contributed by atoms with Crippen molar-refractivity contribution in [2.45, 2.75) is 44.0 Å². The maximum atomic E-state index is 13.3. The van der Waals surface area contributed by atoms with Gasteiger partial charge in [-0.2, -0.15) is 23.4 Å². The number of carbonyl (C=O) groups excluding carboxylic acids is 3. The molecule has 2 fully saturated rings. The van der Waals surface area contributed by atoms with Crippen LogP contribution in [-0.2, 0) is 42.6 Å². The summed E-state index contributed by atoms with van der Waals surface area (Å²) in [5.41, 5.74) is 9.28. The van der Waals surface area contributed by atoms with Gasteiger partial charge in [0.15, 0.2) is 16.6 Å². The number of ketones is 1. The topological polar surface area (TPSA) is 287 Å². The summed E-state index contributed by atoms with van der Waals surface area (Å²) in [6.07, 6.45) is 1.05. The van der Waals surface area contributed by atoms with E-state index in [1.807, 2.05) is 0 Å². The Hall–Kier alpha value is -4.21. The van der Waals surface area contributed by atoms with Crippen LogP contribution in [0.1, 0.15) is 30.7 Å². The van der Waals surface area contributed by atoms with Crippen molar-refractivity contribution in [3.05, 3.63) is 23.0 Å². The third-order valence-electron chi connectivity index (χ3n) is 6.18. The van der Waals surface area contributed by atoms with Crippen molar-refractivity contribution < 1.29 is 42.1 Å². The Labute approximate surface area is 235 Å². The van der Waals surface area contributed by atoms with Gasteiger partial charge < -0.3 is 32.0 Å². The number of thiazole rings is 1. The van der Waals surface area contributed by atoms with E-state index in [1.165, 1.54) is 11.6 Å². The zero-order valence-electron chi connectivity index (χ0n) is 21.2. The quantitative estimate of drug-likeness (QED) is 0.0565. The summed E-state index contributed by atoms with van der Waals surface area (Å²) in [4.78, 5) is 59.4. The van der Waals surface area contributed by atoms with E-state index in [0.29, 0.717) is 5.69 Å². The predicted octanol–water partition coefficient (Wildman–Crippen LogP) is -2.30. The van der Waals surface area contributed by atoms with E-state index in [-0.39, 0.29) is 54.2 Å². The van der Waals surface area contributed by atoms with Crippen LogP contribution in [0.25, 0.3) is 0 Å². The number of carboxylic acid groups (broad SMARTS) is 1. The number of nitrogens with one attached hydrogen (secondary N) is 2. The lowest BCUT2D eigenvalue weighted by atomic mass is 9.84. The molecule has 2 aliphatic rings. The number of carboxylic acids is 1. The van der Waals surface area contributed by atoms with Crippen LogP contribution in [0.5, 0.6) is 0 Å². The number of anilines is 1. The molecule has 222 valence electrons. The Balaban J connectivity index is 1.50. The van der Waals surface area contributed by atoms with Crippen LogP contribution >= 0.6 is 11.3 Å². The molecule has 3 heterocycles. The number of nitrogens with zero attached hydrogens (tertiary/aromatic N) is 6. The number of carbonyl (C=O) groups is 4. The van der Waals surface area contributed by atoms with Gasteiger partial charge in [0.05, 0.1) is 31.2 Å². The minimum absolute atomic E-state index is 0.0185. The molecule has 1 aliphatic heterocycles. The van der Waals surface area contributed by atoms with Crippen molar-refractivity contribution in [2.24, 2.45) is 16.8 Å². The summed E-state index contributed by atoms with van der Waals surface area (Å²) in [5, 5.41) is 27.7. The average molecular weight is 615 g/mol. The maximum Gasteiger partial charge on any atom is 0.362 e. The average Bonchev–Trinajstić information content (AvgIpc) is 3.37. The summed E-state index contributed by atoms with van der Waals surface area (Å²) >= 11 is 0.981. The molecule has 8 N–H and O–H groups in total. The molecule has 3 amide bonds. The summed E-state index contributed by atoms with van der Waals surface area (Å²) in [7, 11) is -5.00. The molecule has 0 unspecified atom stereocenters. The Morgan fingerprint density at radius 3 is 2.61 bits per heavy atom. The largest absolute Gasteiger partial charge is 0.478 e. The van der Waals surface area contributed by atoms with Gasteiger partial charge in [-0.1, -0.05) is 5.16 Å². The van der Waals surface area contributed by atoms with E-state index in [2.05, 4.69) is 31.0 Å². The van der Waals surface area contributed by atoms with Crippen molar-refractivity contribution in [1.82, 2.24) is 34.9 Å². The molecule has 1 saturated heterocycles. The fourth-order valence-corrected chi connectivity index (χ4v) is 5.36. The Bertz CT molecular complexity index is 1480. The number of amides is 3. The fraction of sp³-hybridized carbons (Fsp3) is 0.500. The van der Waals surface area contributed by atoms with Crippen LogP contribution in [0.3, 0.4) is 0 Å². The van der Waals surface area contributed by atoms with E-state index in [0.717, 1.165) is 16.1 Å². The number of hydrogen-bond acceptors (Lipinski definition) is 14. The SMILES string of the molecule is NCCNC(=O)NCc1cnn(C[C@@H]2[C@H](CC(=O)/C(=N\OC3(C(=O)O)CC3)c3csc(N)n3)C(=O)N2S(=O)(=O)O)n1. The van der Waals surface area contributed by atoms with Gasteiger partial charge in [-0.25, -0.2) is 18.9 Å². The lowest BCUT2D eigenvalue weighted by Crippen LogP contribution is -2.64. The Morgan fingerprint density at radius 1 is 1.29 bits per heavy atom. The summed E-state index contributed by atoms with van der Waals surface area (Å²) in [6.45, 7) is 0.142. The third-order valence-corrected chi connectivity index (χ3v) is 7.80. The number of nitrogens with two attached hydrogens (primary N) is 2. The zero-order valence-corrected chi connectivity index (χ0v) is 22.8. The number of Topliss-reactive ketones (excluding diaryl/α,β-unsaturated/α-hetero) is 1. The van der Waals surface area contributed by atoms with Crippen LogP contribution in [0.4, 0.5) is 9.93 Å². The van der Waals surface area contributed by atoms with Crippen molar-refractivity contribution in [1.29, 1.82) is 0 Å². The first kappa shape index (κ1) is 29.8. The smallest absolute Gasteiger partial charge is 0.362 e. The van der Waals surface area contributed by atoms with Crippen molar-refractivity contribution in [3.63, 3.8) is 0 Å². The highest BCUT2D eigenvalue weighted by Crippen LogP contribution is 2.40. The number of rotatable bonds is 14. The normalized spacial score (nSPS) is 19.8. The molecule has 0 spiro atoms. The molecule has 2 aromatic rings. The second-order valence-corrected chi connectivity index (χ2v) is 11.3. The van der Waals surface area contributed by atoms with Gasteiger partial charge in [0.1, 0.15) is 11.4 Å². The van der Waals surface area contributed by atoms with Crippen LogP contribution in [0.2, 0.25) is 0 Å². The lowest BCUT2D eigenvalue weighted by Gasteiger charge is -2.43. The molecular formula is C20H26N10O9S2. The molecule has 41 heavy (non-hydrogen) atoms. The van der Waals surface area contributed by atoms with Gasteiger partial charge in [0.25, 0.3) is 0 Å². The maximum absolute atomic E-state index is 13.3. The van der Waals surface area contributed by atoms with E-state index >= 15 is 0 Å². The molecule has 21 heteroatoms. The molecule has 2 atom stereocenters. The molecular weight excluding hydrogens is 588 g/mol. The van der Waals surface area contributed by atoms with Crippen LogP contribution in [0, 0.1) is 5.92 Å². The highest BCUT2D eigenvalue weighted by molar-refractivity contribution is 7.84. The number of nitrogen functional groups attached to an aromatic ring is 1. The minimum atomic E-state index is -5.00. The number of aliphatic carboxylic acids is 1. The van der Waals surface area contributed by atoms with Crippen molar-refractivity contribution >= 4 is 56.2 Å². The van der Waals surface area contributed by atoms with Crippen LogP contribution < -0.4 is 22.1 Å². The number of aromatic nitrogens is 4. The highest BCUT2D eigenvalue weighted by atomic mass is 32.2. The monoisotopic (exact) mass is 614 g/mol. The van der Waals surface area contributed by atoms with E-state index < -0.39 is 63.7 Å². The lowest BCUT2D eigenvalue weighted by molar-refractivity contribution is -0.153. The molecule has 1 aliphatic carbocycles. The zero-order chi connectivity index (χ0) is 29.9. The molecule has 0 bridgehead atoms. The molecule has 19 nitrogen and oxygen atoms in total. The summed E-state index contributed by atoms with van der Waals surface area (Å²) < 4.78 is 33.6. The first-order valence-electron chi connectivity index (χ1n) is 12.0. The molecule has 4 rings (SSSR count). The molecule has 2 aromatic heterocycles. The third kappa shape index (κ3) is 6.75. The second-order valence-electron chi connectivity index (χ2n) is 9.10. The number of urea groups is 1. The van der Waals surface area contributed by atoms with Gasteiger partial charge in [-0.05, 0) is 0 Å². The van der Waals surface area contributed by atoms with Crippen molar-refractivity contribution in [2.75, 3.05) is 18.8 Å². The van der Waals surface area contributed by atoms with Gasteiger partial charge in [0.2, 0.25) is 11.5 Å². The van der Waals surface area contributed by atoms with Gasteiger partial charge in [-0.3, -0.25) is 14.1 Å². The molecule has 0 aromatic carbocycles. The highest BCUT2D eigenvalue weighted by Gasteiger charge is 2.56. The first-order valence-corrected chi connectivity index (χ1v) is 14.3. The molecule has 0 radical (unpaired) electrons. The van der Waals surface area contributed by atoms with Crippen molar-refractivity contribution in [3.8, 4) is 0 Å². The summed E-state index contributed by atoms with van der Waals surface area (Å²) in [5.74, 6) is -4.38. The first-order chi connectivity index (χ1) is 19.3. The molecule has 1 saturated carbocycles. The Morgan fingerprint density at radius 2 is 2.02 bits per heavy atom. The number of β-lactam (4-membered cyclic amide) rings is 1. The van der Waals surface area contributed by atoms with Gasteiger partial charge in [-0.15, -0.1) is 11.3 Å². The van der Waals surface area contributed by atoms with E-state index in [9.17, 15) is 37.3 Å². The number of oxime groups is 1. The van der Waals surface area contributed by atoms with E-state index in [4.69, 9.17) is 16.3 Å². The second kappa shape index (κ2) is 11.7. The predicted molar refractivity (Wildman–Crippen MR) is 138 cm³/mol. The van der Waals surface area contributed by atoms with Gasteiger partial charge in [0, 0.05) is 37.7 Å². The van der Waals surface area contributed by atoms with Crippen LogP contribution in [-0.4, -0.2) is 96.5 Å². The van der Waals surface area contributed by atoms with E-state index in [1.54, 1.807) is 0 Å². The minimum Gasteiger partial charge on any atom is -0.478 e. The standard InChI is InChI=1S/C20H26N10O9S2/c21-3-4-23-19(35)24-6-10-7-25-29(27-10)8-13-11(16(32)30(13)41(36,37)38)5-14(31)15(12-9-40-18(22)26-12)28-39-20(1-2-20)17(33)34/h7,9,11,13H,1-6,8,21H2,(H2,22,26)(H,33,34)(H2,23,24,35)(H,36,37,38)/b28-15-/t11-,13+/m0/s1. The van der Waals surface area contributed by atoms with Gasteiger partial charge >= 0.3 is 22.3 Å².